The van der Waals surface area contributed by atoms with Crippen LogP contribution in [0.4, 0.5) is 0 Å². The van der Waals surface area contributed by atoms with Gasteiger partial charge < -0.3 is 0 Å². The molecule has 0 spiro atoms. The lowest BCUT2D eigenvalue weighted by atomic mass is 9.95. The lowest BCUT2D eigenvalue weighted by Gasteiger charge is -2.07. The number of carbonyl (C=O) groups excluding carboxylic acids is 2. The Balaban J connectivity index is 2.06. The van der Waals surface area contributed by atoms with Gasteiger partial charge in [0.15, 0.2) is 11.6 Å². The van der Waals surface area contributed by atoms with Gasteiger partial charge in [-0.2, -0.15) is 0 Å². The molecule has 0 atom stereocenters. The van der Waals surface area contributed by atoms with Gasteiger partial charge in [-0.3, -0.25) is 9.59 Å². The van der Waals surface area contributed by atoms with E-state index in [-0.39, 0.29) is 11.6 Å². The molecular weight excluding hydrogens is 236 g/mol. The fourth-order valence-corrected chi connectivity index (χ4v) is 2.56. The molecule has 0 radical (unpaired) electrons. The van der Waals surface area contributed by atoms with Crippen LogP contribution in [0.1, 0.15) is 43.8 Å². The van der Waals surface area contributed by atoms with Gasteiger partial charge in [-0.05, 0) is 18.9 Å². The Morgan fingerprint density at radius 1 is 1.00 bits per heavy atom. The highest BCUT2D eigenvalue weighted by Gasteiger charge is 2.24. The number of hydrogen-bond acceptors (Lipinski definition) is 2. The van der Waals surface area contributed by atoms with Crippen molar-refractivity contribution in [2.24, 2.45) is 0 Å². The van der Waals surface area contributed by atoms with Crippen molar-refractivity contribution < 1.29 is 9.59 Å². The summed E-state index contributed by atoms with van der Waals surface area (Å²) >= 11 is 0. The van der Waals surface area contributed by atoms with Gasteiger partial charge >= 0.3 is 0 Å². The monoisotopic (exact) mass is 250 g/mol. The van der Waals surface area contributed by atoms with Gasteiger partial charge in [-0.25, -0.2) is 0 Å². The summed E-state index contributed by atoms with van der Waals surface area (Å²) < 4.78 is 0. The van der Waals surface area contributed by atoms with Crippen molar-refractivity contribution in [3.63, 3.8) is 0 Å². The fraction of sp³-hybridized carbons (Fsp3) is 0.176. The van der Waals surface area contributed by atoms with Crippen LogP contribution in [0.15, 0.2) is 42.5 Å². The second-order valence-electron chi connectivity index (χ2n) is 4.95. The van der Waals surface area contributed by atoms with Gasteiger partial charge in [-0.1, -0.05) is 48.0 Å². The van der Waals surface area contributed by atoms with Gasteiger partial charge in [0.05, 0.1) is 0 Å². The Kier molecular flexibility index (Phi) is 2.79. The molecule has 1 aliphatic rings. The van der Waals surface area contributed by atoms with Crippen LogP contribution in [0, 0.1) is 6.92 Å². The summed E-state index contributed by atoms with van der Waals surface area (Å²) in [7, 11) is 0. The number of Topliss-reactive ketones (excluding diaryl/α,β-unsaturated/α-hetero) is 1. The molecule has 0 aliphatic heterocycles. The Hall–Kier alpha value is -2.22. The van der Waals surface area contributed by atoms with E-state index in [1.807, 2.05) is 43.3 Å². The maximum atomic E-state index is 12.5. The van der Waals surface area contributed by atoms with Crippen LogP contribution in [0.2, 0.25) is 0 Å². The van der Waals surface area contributed by atoms with E-state index in [4.69, 9.17) is 0 Å². The van der Waals surface area contributed by atoms with Gasteiger partial charge in [0, 0.05) is 23.1 Å². The van der Waals surface area contributed by atoms with Crippen LogP contribution in [0.3, 0.4) is 0 Å². The molecule has 94 valence electrons. The van der Waals surface area contributed by atoms with Crippen molar-refractivity contribution in [3.05, 3.63) is 70.3 Å². The summed E-state index contributed by atoms with van der Waals surface area (Å²) in [4.78, 5) is 24.2. The van der Waals surface area contributed by atoms with E-state index >= 15 is 0 Å². The molecule has 2 aromatic rings. The predicted molar refractivity (Wildman–Crippen MR) is 73.7 cm³/mol. The third kappa shape index (κ3) is 1.99. The minimum Gasteiger partial charge on any atom is -0.294 e. The van der Waals surface area contributed by atoms with Crippen LogP contribution >= 0.6 is 0 Å². The molecule has 3 rings (SSSR count). The highest BCUT2D eigenvalue weighted by Crippen LogP contribution is 2.27. The third-order valence-electron chi connectivity index (χ3n) is 3.64. The molecule has 2 heteroatoms. The van der Waals surface area contributed by atoms with E-state index in [9.17, 15) is 9.59 Å². The molecule has 0 unspecified atom stereocenters. The van der Waals surface area contributed by atoms with E-state index in [1.165, 1.54) is 0 Å². The minimum absolute atomic E-state index is 0.00606. The van der Waals surface area contributed by atoms with Crippen LogP contribution in [0.25, 0.3) is 0 Å². The SMILES string of the molecule is Cc1ccc(C(=O)c2cccc3c2CCC3=O)cc1. The van der Waals surface area contributed by atoms with Crippen molar-refractivity contribution in [3.8, 4) is 0 Å². The Labute approximate surface area is 112 Å². The molecule has 2 nitrogen and oxygen atoms in total. The Morgan fingerprint density at radius 3 is 2.47 bits per heavy atom. The molecule has 0 saturated heterocycles. The molecule has 0 heterocycles. The van der Waals surface area contributed by atoms with Crippen molar-refractivity contribution in [2.75, 3.05) is 0 Å². The number of hydrogen-bond donors (Lipinski definition) is 0. The van der Waals surface area contributed by atoms with Crippen molar-refractivity contribution in [1.82, 2.24) is 0 Å². The van der Waals surface area contributed by atoms with Crippen LogP contribution < -0.4 is 0 Å². The van der Waals surface area contributed by atoms with E-state index < -0.39 is 0 Å². The molecule has 0 saturated carbocycles. The first-order valence-corrected chi connectivity index (χ1v) is 6.43. The largest absolute Gasteiger partial charge is 0.294 e. The highest BCUT2D eigenvalue weighted by molar-refractivity contribution is 6.13. The van der Waals surface area contributed by atoms with E-state index in [2.05, 4.69) is 0 Å². The van der Waals surface area contributed by atoms with Crippen molar-refractivity contribution in [1.29, 1.82) is 0 Å². The number of fused-ring (bicyclic) bond motifs is 1. The zero-order valence-corrected chi connectivity index (χ0v) is 10.8. The maximum Gasteiger partial charge on any atom is 0.193 e. The molecule has 0 N–H and O–H groups in total. The summed E-state index contributed by atoms with van der Waals surface area (Å²) in [5.41, 5.74) is 4.12. The van der Waals surface area contributed by atoms with E-state index in [1.54, 1.807) is 6.07 Å². The minimum atomic E-state index is 0.00606. The summed E-state index contributed by atoms with van der Waals surface area (Å²) in [6, 6.07) is 13.0. The first-order valence-electron chi connectivity index (χ1n) is 6.43. The lowest BCUT2D eigenvalue weighted by molar-refractivity contribution is 0.0993. The summed E-state index contributed by atoms with van der Waals surface area (Å²) in [5, 5.41) is 0. The smallest absolute Gasteiger partial charge is 0.193 e. The second kappa shape index (κ2) is 4.47. The fourth-order valence-electron chi connectivity index (χ4n) is 2.56. The van der Waals surface area contributed by atoms with Gasteiger partial charge in [0.2, 0.25) is 0 Å². The topological polar surface area (TPSA) is 34.1 Å². The summed E-state index contributed by atoms with van der Waals surface area (Å²) in [6.07, 6.45) is 1.20. The van der Waals surface area contributed by atoms with E-state index in [0.717, 1.165) is 16.7 Å². The zero-order chi connectivity index (χ0) is 13.4. The molecule has 0 amide bonds. The molecular formula is C17H14O2. The Bertz CT molecular complexity index is 666. The van der Waals surface area contributed by atoms with Crippen molar-refractivity contribution >= 4 is 11.6 Å². The van der Waals surface area contributed by atoms with Gasteiger partial charge in [-0.15, -0.1) is 0 Å². The molecule has 19 heavy (non-hydrogen) atoms. The molecule has 1 aliphatic carbocycles. The van der Waals surface area contributed by atoms with Gasteiger partial charge in [0.25, 0.3) is 0 Å². The molecule has 0 bridgehead atoms. The normalized spacial score (nSPS) is 13.4. The zero-order valence-electron chi connectivity index (χ0n) is 10.8. The number of rotatable bonds is 2. The standard InChI is InChI=1S/C17H14O2/c1-11-5-7-12(8-6-11)17(19)15-4-2-3-14-13(15)9-10-16(14)18/h2-8H,9-10H2,1H3. The Morgan fingerprint density at radius 2 is 1.74 bits per heavy atom. The molecule has 2 aromatic carbocycles. The van der Waals surface area contributed by atoms with Crippen LogP contribution in [0.5, 0.6) is 0 Å². The number of aryl methyl sites for hydroxylation is 1. The van der Waals surface area contributed by atoms with Crippen LogP contribution in [-0.4, -0.2) is 11.6 Å². The summed E-state index contributed by atoms with van der Waals surface area (Å²) in [5.74, 6) is 0.153. The molecule has 0 fully saturated rings. The maximum absolute atomic E-state index is 12.5. The number of ketones is 2. The van der Waals surface area contributed by atoms with Crippen LogP contribution in [-0.2, 0) is 6.42 Å². The number of carbonyl (C=O) groups is 2. The van der Waals surface area contributed by atoms with Crippen molar-refractivity contribution in [2.45, 2.75) is 19.8 Å². The average molecular weight is 250 g/mol. The third-order valence-corrected chi connectivity index (χ3v) is 3.64. The first-order chi connectivity index (χ1) is 9.16. The lowest BCUT2D eigenvalue weighted by Crippen LogP contribution is -2.05. The average Bonchev–Trinajstić information content (AvgIpc) is 2.81. The van der Waals surface area contributed by atoms with Gasteiger partial charge in [0.1, 0.15) is 0 Å². The summed E-state index contributed by atoms with van der Waals surface area (Å²) in [6.45, 7) is 1.99. The second-order valence-corrected chi connectivity index (χ2v) is 4.95. The van der Waals surface area contributed by atoms with E-state index in [0.29, 0.717) is 24.0 Å². The quantitative estimate of drug-likeness (QED) is 0.766. The number of benzene rings is 2. The predicted octanol–water partition coefficient (Wildman–Crippen LogP) is 3.35. The molecule has 0 aromatic heterocycles. The first kappa shape index (κ1) is 11.8. The highest BCUT2D eigenvalue weighted by atomic mass is 16.1.